The maximum atomic E-state index is 10.9. The summed E-state index contributed by atoms with van der Waals surface area (Å²) in [6.07, 6.45) is 2.88. The van der Waals surface area contributed by atoms with E-state index in [1.165, 1.54) is 12.1 Å². The van der Waals surface area contributed by atoms with Gasteiger partial charge in [-0.2, -0.15) is 0 Å². The van der Waals surface area contributed by atoms with Gasteiger partial charge in [0.1, 0.15) is 5.15 Å². The van der Waals surface area contributed by atoms with E-state index >= 15 is 0 Å². The lowest BCUT2D eigenvalue weighted by atomic mass is 10.2. The van der Waals surface area contributed by atoms with E-state index in [1.54, 1.807) is 7.11 Å². The van der Waals surface area contributed by atoms with Crippen molar-refractivity contribution in [2.24, 2.45) is 0 Å². The summed E-state index contributed by atoms with van der Waals surface area (Å²) in [6.45, 7) is 0. The molecule has 0 amide bonds. The molecular weight excluding hydrogens is 258 g/mol. The molecule has 0 bridgehead atoms. The molecule has 1 aromatic rings. The summed E-state index contributed by atoms with van der Waals surface area (Å²) in [6, 6.07) is 2.91. The molecule has 98 valence electrons. The van der Waals surface area contributed by atoms with E-state index in [2.05, 4.69) is 10.3 Å². The molecule has 0 radical (unpaired) electrons. The Bertz CT molecular complexity index is 455. The van der Waals surface area contributed by atoms with E-state index in [0.717, 1.165) is 19.3 Å². The molecule has 18 heavy (non-hydrogen) atoms. The molecular formula is C11H14ClN3O3. The number of hydrogen-bond donors (Lipinski definition) is 1. The summed E-state index contributed by atoms with van der Waals surface area (Å²) in [5, 5.41) is 14.2. The van der Waals surface area contributed by atoms with Crippen LogP contribution >= 0.6 is 11.6 Å². The maximum Gasteiger partial charge on any atom is 0.311 e. The number of aromatic nitrogens is 1. The molecule has 1 saturated carbocycles. The van der Waals surface area contributed by atoms with Crippen LogP contribution in [0.15, 0.2) is 12.1 Å². The first kappa shape index (κ1) is 13.0. The fourth-order valence-corrected chi connectivity index (χ4v) is 2.31. The minimum atomic E-state index is -0.464. The number of hydrogen-bond acceptors (Lipinski definition) is 5. The highest BCUT2D eigenvalue weighted by Gasteiger charge is 2.27. The van der Waals surface area contributed by atoms with Crippen molar-refractivity contribution in [3.8, 4) is 0 Å². The number of nitrogens with one attached hydrogen (secondary N) is 1. The summed E-state index contributed by atoms with van der Waals surface area (Å²) in [7, 11) is 1.67. The van der Waals surface area contributed by atoms with E-state index in [4.69, 9.17) is 16.3 Å². The Balaban J connectivity index is 2.13. The zero-order valence-electron chi connectivity index (χ0n) is 9.93. The van der Waals surface area contributed by atoms with E-state index in [0.29, 0.717) is 0 Å². The van der Waals surface area contributed by atoms with Crippen molar-refractivity contribution < 1.29 is 9.66 Å². The molecule has 2 atom stereocenters. The van der Waals surface area contributed by atoms with Crippen molar-refractivity contribution in [3.63, 3.8) is 0 Å². The molecule has 0 aromatic carbocycles. The molecule has 0 saturated heterocycles. The Kier molecular flexibility index (Phi) is 3.98. The SMILES string of the molecule is COC1CCC(Nc2nc(Cl)ccc2[N+](=O)[O-])C1. The van der Waals surface area contributed by atoms with Crippen LogP contribution in [0.4, 0.5) is 11.5 Å². The first-order valence-electron chi connectivity index (χ1n) is 5.70. The van der Waals surface area contributed by atoms with Gasteiger partial charge in [0.05, 0.1) is 11.0 Å². The van der Waals surface area contributed by atoms with Crippen LogP contribution in [-0.4, -0.2) is 29.2 Å². The zero-order valence-corrected chi connectivity index (χ0v) is 10.7. The van der Waals surface area contributed by atoms with Gasteiger partial charge >= 0.3 is 5.69 Å². The number of nitrogens with zero attached hydrogens (tertiary/aromatic N) is 2. The maximum absolute atomic E-state index is 10.9. The summed E-state index contributed by atoms with van der Waals surface area (Å²) in [4.78, 5) is 14.4. The van der Waals surface area contributed by atoms with Crippen LogP contribution in [0.1, 0.15) is 19.3 Å². The standard InChI is InChI=1S/C11H14ClN3O3/c1-18-8-3-2-7(6-8)13-11-9(15(16)17)4-5-10(12)14-11/h4-5,7-8H,2-3,6H2,1H3,(H,13,14). The van der Waals surface area contributed by atoms with Crippen molar-refractivity contribution in [1.29, 1.82) is 0 Å². The summed E-state index contributed by atoms with van der Waals surface area (Å²) in [5.41, 5.74) is -0.0553. The number of methoxy groups -OCH3 is 1. The molecule has 7 heteroatoms. The molecule has 2 rings (SSSR count). The van der Waals surface area contributed by atoms with Gasteiger partial charge in [-0.15, -0.1) is 0 Å². The fourth-order valence-electron chi connectivity index (χ4n) is 2.16. The van der Waals surface area contributed by atoms with Crippen LogP contribution in [0.2, 0.25) is 5.15 Å². The van der Waals surface area contributed by atoms with Crippen molar-refractivity contribution in [2.45, 2.75) is 31.4 Å². The third-order valence-corrected chi connectivity index (χ3v) is 3.31. The highest BCUT2D eigenvalue weighted by molar-refractivity contribution is 6.29. The smallest absolute Gasteiger partial charge is 0.311 e. The van der Waals surface area contributed by atoms with Crippen LogP contribution < -0.4 is 5.32 Å². The molecule has 1 aliphatic carbocycles. The van der Waals surface area contributed by atoms with Gasteiger partial charge in [0.2, 0.25) is 5.82 Å². The highest BCUT2D eigenvalue weighted by Crippen LogP contribution is 2.29. The molecule has 1 aromatic heterocycles. The van der Waals surface area contributed by atoms with Crippen molar-refractivity contribution in [2.75, 3.05) is 12.4 Å². The van der Waals surface area contributed by atoms with E-state index < -0.39 is 4.92 Å². The molecule has 1 aliphatic rings. The average molecular weight is 272 g/mol. The molecule has 0 spiro atoms. The minimum Gasteiger partial charge on any atom is -0.381 e. The minimum absolute atomic E-state index is 0.0553. The Morgan fingerprint density at radius 2 is 2.33 bits per heavy atom. The van der Waals surface area contributed by atoms with Gasteiger partial charge in [-0.05, 0) is 25.3 Å². The number of halogens is 1. The molecule has 1 fully saturated rings. The van der Waals surface area contributed by atoms with Gasteiger partial charge in [0.15, 0.2) is 0 Å². The summed E-state index contributed by atoms with van der Waals surface area (Å²) < 4.78 is 5.26. The molecule has 0 aliphatic heterocycles. The lowest BCUT2D eigenvalue weighted by Crippen LogP contribution is -2.18. The number of anilines is 1. The second-order valence-corrected chi connectivity index (χ2v) is 4.66. The van der Waals surface area contributed by atoms with Gasteiger partial charge in [-0.1, -0.05) is 11.6 Å². The largest absolute Gasteiger partial charge is 0.381 e. The van der Waals surface area contributed by atoms with E-state index in [1.807, 2.05) is 0 Å². The van der Waals surface area contributed by atoms with Crippen LogP contribution in [-0.2, 0) is 4.74 Å². The van der Waals surface area contributed by atoms with Gasteiger partial charge in [0.25, 0.3) is 0 Å². The monoisotopic (exact) mass is 271 g/mol. The van der Waals surface area contributed by atoms with E-state index in [9.17, 15) is 10.1 Å². The van der Waals surface area contributed by atoms with Gasteiger partial charge in [0, 0.05) is 19.2 Å². The highest BCUT2D eigenvalue weighted by atomic mass is 35.5. The fraction of sp³-hybridized carbons (Fsp3) is 0.545. The second kappa shape index (κ2) is 5.49. The Labute approximate surface area is 109 Å². The molecule has 6 nitrogen and oxygen atoms in total. The van der Waals surface area contributed by atoms with Crippen LogP contribution in [0.3, 0.4) is 0 Å². The summed E-state index contributed by atoms with van der Waals surface area (Å²) in [5.74, 6) is 0.231. The lowest BCUT2D eigenvalue weighted by Gasteiger charge is -2.13. The number of rotatable bonds is 4. The predicted octanol–water partition coefficient (Wildman–Crippen LogP) is 2.62. The van der Waals surface area contributed by atoms with Crippen molar-refractivity contribution in [3.05, 3.63) is 27.4 Å². The van der Waals surface area contributed by atoms with Crippen LogP contribution in [0, 0.1) is 10.1 Å². The average Bonchev–Trinajstić information content (AvgIpc) is 2.76. The number of pyridine rings is 1. The third-order valence-electron chi connectivity index (χ3n) is 3.10. The molecule has 2 unspecified atom stereocenters. The predicted molar refractivity (Wildman–Crippen MR) is 68.0 cm³/mol. The second-order valence-electron chi connectivity index (χ2n) is 4.27. The van der Waals surface area contributed by atoms with Crippen LogP contribution in [0.5, 0.6) is 0 Å². The van der Waals surface area contributed by atoms with Crippen LogP contribution in [0.25, 0.3) is 0 Å². The zero-order chi connectivity index (χ0) is 13.1. The Morgan fingerprint density at radius 3 is 2.94 bits per heavy atom. The van der Waals surface area contributed by atoms with Gasteiger partial charge in [-0.25, -0.2) is 4.98 Å². The third kappa shape index (κ3) is 2.88. The van der Waals surface area contributed by atoms with E-state index in [-0.39, 0.29) is 28.8 Å². The Morgan fingerprint density at radius 1 is 1.56 bits per heavy atom. The van der Waals surface area contributed by atoms with Crippen molar-refractivity contribution >= 4 is 23.1 Å². The first-order valence-corrected chi connectivity index (χ1v) is 6.08. The number of ether oxygens (including phenoxy) is 1. The van der Waals surface area contributed by atoms with Crippen molar-refractivity contribution in [1.82, 2.24) is 4.98 Å². The molecule has 1 N–H and O–H groups in total. The quantitative estimate of drug-likeness (QED) is 0.517. The van der Waals surface area contributed by atoms with Gasteiger partial charge in [-0.3, -0.25) is 10.1 Å². The topological polar surface area (TPSA) is 77.3 Å². The molecule has 1 heterocycles. The number of nitro groups is 1. The normalized spacial score (nSPS) is 23.0. The van der Waals surface area contributed by atoms with Gasteiger partial charge < -0.3 is 10.1 Å². The summed E-state index contributed by atoms with van der Waals surface area (Å²) >= 11 is 5.76. The Hall–Kier alpha value is -1.40. The first-order chi connectivity index (χ1) is 8.60. The lowest BCUT2D eigenvalue weighted by molar-refractivity contribution is -0.384.